The van der Waals surface area contributed by atoms with E-state index in [1.54, 1.807) is 0 Å². The molecule has 0 aliphatic heterocycles. The Bertz CT molecular complexity index is 565. The number of amides is 1. The van der Waals surface area contributed by atoms with E-state index in [-0.39, 0.29) is 12.3 Å². The van der Waals surface area contributed by atoms with Gasteiger partial charge in [-0.15, -0.1) is 0 Å². The zero-order chi connectivity index (χ0) is 13.9. The van der Waals surface area contributed by atoms with Crippen molar-refractivity contribution in [3.8, 4) is 0 Å². The van der Waals surface area contributed by atoms with Crippen molar-refractivity contribution in [2.24, 2.45) is 0 Å². The van der Waals surface area contributed by atoms with Crippen molar-refractivity contribution < 1.29 is 22.5 Å². The summed E-state index contributed by atoms with van der Waals surface area (Å²) in [5.74, 6) is -0.526. The van der Waals surface area contributed by atoms with Crippen LogP contribution in [0.5, 0.6) is 0 Å². The van der Waals surface area contributed by atoms with Crippen molar-refractivity contribution in [3.63, 3.8) is 0 Å². The zero-order valence-electron chi connectivity index (χ0n) is 9.57. The second kappa shape index (κ2) is 5.13. The number of rotatable bonds is 3. The van der Waals surface area contributed by atoms with E-state index in [0.717, 1.165) is 12.1 Å². The molecule has 7 heteroatoms. The van der Waals surface area contributed by atoms with Crippen LogP contribution in [-0.2, 0) is 12.7 Å². The molecule has 0 saturated carbocycles. The van der Waals surface area contributed by atoms with Gasteiger partial charge in [0.05, 0.1) is 11.8 Å². The molecule has 1 heterocycles. The van der Waals surface area contributed by atoms with E-state index < -0.39 is 17.6 Å². The number of halogens is 3. The minimum atomic E-state index is -4.40. The van der Waals surface area contributed by atoms with Crippen LogP contribution in [0.3, 0.4) is 0 Å². The largest absolute Gasteiger partial charge is 0.416 e. The lowest BCUT2D eigenvalue weighted by atomic mass is 10.1. The van der Waals surface area contributed by atoms with Gasteiger partial charge in [0.15, 0.2) is 0 Å². The van der Waals surface area contributed by atoms with Crippen molar-refractivity contribution in [1.82, 2.24) is 10.5 Å². The molecule has 0 bridgehead atoms. The van der Waals surface area contributed by atoms with Gasteiger partial charge in [-0.2, -0.15) is 13.2 Å². The predicted molar refractivity (Wildman–Crippen MR) is 59.1 cm³/mol. The first-order chi connectivity index (χ1) is 8.97. The average molecular weight is 270 g/mol. The predicted octanol–water partition coefficient (Wildman–Crippen LogP) is 2.62. The number of hydrogen-bond acceptors (Lipinski definition) is 3. The molecule has 0 radical (unpaired) electrons. The highest BCUT2D eigenvalue weighted by Crippen LogP contribution is 2.29. The lowest BCUT2D eigenvalue weighted by Gasteiger charge is -2.09. The molecule has 1 aromatic heterocycles. The van der Waals surface area contributed by atoms with Crippen LogP contribution >= 0.6 is 0 Å². The second-order valence-corrected chi connectivity index (χ2v) is 3.76. The summed E-state index contributed by atoms with van der Waals surface area (Å²) in [6.07, 6.45) is -3.09. The first kappa shape index (κ1) is 13.1. The molecule has 0 atom stereocenters. The van der Waals surface area contributed by atoms with Gasteiger partial charge in [-0.3, -0.25) is 4.79 Å². The Morgan fingerprint density at radius 2 is 2.11 bits per heavy atom. The van der Waals surface area contributed by atoms with Gasteiger partial charge >= 0.3 is 6.18 Å². The number of hydrogen-bond donors (Lipinski definition) is 1. The molecule has 2 rings (SSSR count). The van der Waals surface area contributed by atoms with Gasteiger partial charge in [0.25, 0.3) is 5.91 Å². The normalized spacial score (nSPS) is 11.3. The number of aromatic nitrogens is 1. The highest BCUT2D eigenvalue weighted by atomic mass is 19.4. The van der Waals surface area contributed by atoms with E-state index in [1.807, 2.05) is 0 Å². The van der Waals surface area contributed by atoms with Gasteiger partial charge in [-0.1, -0.05) is 17.3 Å². The molecule has 1 N–H and O–H groups in total. The lowest BCUT2D eigenvalue weighted by molar-refractivity contribution is -0.137. The van der Waals surface area contributed by atoms with Crippen LogP contribution in [0.15, 0.2) is 41.1 Å². The Kier molecular flexibility index (Phi) is 3.55. The minimum Gasteiger partial charge on any atom is -0.351 e. The van der Waals surface area contributed by atoms with Crippen molar-refractivity contribution in [1.29, 1.82) is 0 Å². The monoisotopic (exact) mass is 270 g/mol. The second-order valence-electron chi connectivity index (χ2n) is 3.76. The summed E-state index contributed by atoms with van der Waals surface area (Å²) in [6.45, 7) is -0.0244. The molecule has 4 nitrogen and oxygen atoms in total. The molecule has 0 spiro atoms. The van der Waals surface area contributed by atoms with Gasteiger partial charge in [0, 0.05) is 12.6 Å². The van der Waals surface area contributed by atoms with Crippen LogP contribution in [0.2, 0.25) is 0 Å². The van der Waals surface area contributed by atoms with Crippen LogP contribution in [-0.4, -0.2) is 11.1 Å². The molecule has 1 amide bonds. The molecule has 1 aromatic carbocycles. The fourth-order valence-electron chi connectivity index (χ4n) is 1.46. The maximum atomic E-state index is 12.5. The van der Waals surface area contributed by atoms with Crippen LogP contribution in [0.4, 0.5) is 13.2 Å². The Labute approximate surface area is 106 Å². The van der Waals surface area contributed by atoms with Crippen LogP contribution in [0, 0.1) is 0 Å². The van der Waals surface area contributed by atoms with E-state index in [2.05, 4.69) is 15.0 Å². The highest BCUT2D eigenvalue weighted by molar-refractivity contribution is 5.91. The van der Waals surface area contributed by atoms with Crippen LogP contribution < -0.4 is 5.32 Å². The first-order valence-electron chi connectivity index (χ1n) is 5.32. The smallest absolute Gasteiger partial charge is 0.351 e. The summed E-state index contributed by atoms with van der Waals surface area (Å²) >= 11 is 0. The maximum Gasteiger partial charge on any atom is 0.416 e. The Morgan fingerprint density at radius 3 is 2.74 bits per heavy atom. The Hall–Kier alpha value is -2.31. The van der Waals surface area contributed by atoms with E-state index in [9.17, 15) is 18.0 Å². The Balaban J connectivity index is 2.02. The third-order valence-corrected chi connectivity index (χ3v) is 2.37. The summed E-state index contributed by atoms with van der Waals surface area (Å²) < 4.78 is 42.1. The number of nitrogens with zero attached hydrogens (tertiary/aromatic N) is 1. The van der Waals surface area contributed by atoms with E-state index in [4.69, 9.17) is 0 Å². The van der Waals surface area contributed by atoms with Gasteiger partial charge in [0.1, 0.15) is 0 Å². The number of benzene rings is 1. The fraction of sp³-hybridized carbons (Fsp3) is 0.167. The number of carbonyl (C=O) groups excluding carboxylic acids is 1. The van der Waals surface area contributed by atoms with Crippen LogP contribution in [0.25, 0.3) is 0 Å². The van der Waals surface area contributed by atoms with Gasteiger partial charge in [-0.25, -0.2) is 0 Å². The van der Waals surface area contributed by atoms with Crippen LogP contribution in [0.1, 0.15) is 21.7 Å². The minimum absolute atomic E-state index is 0.00646. The summed E-state index contributed by atoms with van der Waals surface area (Å²) in [4.78, 5) is 11.5. The molecule has 0 aliphatic rings. The molecule has 2 aromatic rings. The first-order valence-corrected chi connectivity index (χ1v) is 5.32. The Morgan fingerprint density at radius 1 is 1.32 bits per heavy atom. The number of nitrogens with one attached hydrogen (secondary N) is 1. The summed E-state index contributed by atoms with van der Waals surface area (Å²) in [6, 6.07) is 6.11. The lowest BCUT2D eigenvalue weighted by Crippen LogP contribution is -2.22. The summed E-state index contributed by atoms with van der Waals surface area (Å²) in [5.41, 5.74) is -0.401. The van der Waals surface area contributed by atoms with E-state index >= 15 is 0 Å². The number of alkyl halides is 3. The fourth-order valence-corrected chi connectivity index (χ4v) is 1.46. The molecule has 100 valence electrons. The molecular formula is C12H9F3N2O2. The van der Waals surface area contributed by atoms with Gasteiger partial charge < -0.3 is 9.84 Å². The standard InChI is InChI=1S/C12H9F3N2O2/c13-12(14,15)9-3-1-2-8(6-9)7-16-11(18)10-4-5-17-19-10/h1-6H,7H2,(H,16,18). The molecule has 0 unspecified atom stereocenters. The van der Waals surface area contributed by atoms with Crippen molar-refractivity contribution in [2.45, 2.75) is 12.7 Å². The van der Waals surface area contributed by atoms with Crippen molar-refractivity contribution in [2.75, 3.05) is 0 Å². The number of carbonyl (C=O) groups is 1. The maximum absolute atomic E-state index is 12.5. The van der Waals surface area contributed by atoms with E-state index in [1.165, 1.54) is 24.4 Å². The van der Waals surface area contributed by atoms with Gasteiger partial charge in [0.2, 0.25) is 5.76 Å². The van der Waals surface area contributed by atoms with Crippen molar-refractivity contribution >= 4 is 5.91 Å². The molecular weight excluding hydrogens is 261 g/mol. The van der Waals surface area contributed by atoms with Gasteiger partial charge in [-0.05, 0) is 17.7 Å². The van der Waals surface area contributed by atoms with E-state index in [0.29, 0.717) is 5.56 Å². The van der Waals surface area contributed by atoms with Crippen molar-refractivity contribution in [3.05, 3.63) is 53.4 Å². The summed E-state index contributed by atoms with van der Waals surface area (Å²) in [7, 11) is 0. The third kappa shape index (κ3) is 3.34. The zero-order valence-corrected chi connectivity index (χ0v) is 9.57. The average Bonchev–Trinajstić information content (AvgIpc) is 2.89. The molecule has 0 aliphatic carbocycles. The molecule has 0 fully saturated rings. The highest BCUT2D eigenvalue weighted by Gasteiger charge is 2.30. The third-order valence-electron chi connectivity index (χ3n) is 2.37. The topological polar surface area (TPSA) is 55.1 Å². The molecule has 19 heavy (non-hydrogen) atoms. The quantitative estimate of drug-likeness (QED) is 0.932. The SMILES string of the molecule is O=C(NCc1cccc(C(F)(F)F)c1)c1ccno1. The summed E-state index contributed by atoms with van der Waals surface area (Å²) in [5, 5.41) is 5.80. The molecule has 0 saturated heterocycles.